The van der Waals surface area contributed by atoms with Gasteiger partial charge in [-0.3, -0.25) is 32.5 Å². The Morgan fingerprint density at radius 3 is 1.09 bits per heavy atom. The zero-order valence-electron chi connectivity index (χ0n) is 33.7. The van der Waals surface area contributed by atoms with Crippen LogP contribution in [0.25, 0.3) is 77.6 Å². The van der Waals surface area contributed by atoms with Crippen molar-refractivity contribution in [3.05, 3.63) is 191 Å². The summed E-state index contributed by atoms with van der Waals surface area (Å²) in [6.07, 6.45) is 0. The van der Waals surface area contributed by atoms with Gasteiger partial charge in [0.2, 0.25) is 0 Å². The Bertz CT molecular complexity index is 3620. The van der Waals surface area contributed by atoms with E-state index in [-0.39, 0.29) is 22.8 Å². The van der Waals surface area contributed by atoms with Crippen molar-refractivity contribution < 1.29 is 0 Å². The molecule has 300 valence electrons. The molecule has 10 aromatic rings. The zero-order valence-corrected chi connectivity index (χ0v) is 33.7. The monoisotopic (exact) mass is 824 g/mol. The van der Waals surface area contributed by atoms with Gasteiger partial charge in [-0.05, 0) is 58.3 Å². The van der Waals surface area contributed by atoms with Crippen LogP contribution < -0.4 is 0 Å². The first-order chi connectivity index (χ1) is 31.2. The Hall–Kier alpha value is -9.16. The summed E-state index contributed by atoms with van der Waals surface area (Å²) < 4.78 is 0. The minimum atomic E-state index is 0.0281. The van der Waals surface area contributed by atoms with Gasteiger partial charge in [-0.15, -0.1) is 0 Å². The standard InChI is InChI=1S/C18H10N6.C18H12N2.C16H10N4/c19-13-14(20)16-18(24-12-8-4-2-6-10(12)22-16)17-15(13)21-9-5-1-3-7-11(9)23-17;19-17-15-8-4-3-7-13(15)14-10-9-11-5-1-2-6-12(11)16(14)18(17)20;17-13-9-5-1-2-6-10(9)15-16(14(13)18)20-12-8-4-3-7-11(12)19-15/h1-8,19-20H;1-10,19-20H;1-8,17-18H. The van der Waals surface area contributed by atoms with Crippen molar-refractivity contribution in [3.63, 3.8) is 0 Å². The van der Waals surface area contributed by atoms with Crippen LogP contribution in [-0.2, 0) is 0 Å². The van der Waals surface area contributed by atoms with E-state index >= 15 is 0 Å². The molecule has 64 heavy (non-hydrogen) atoms. The van der Waals surface area contributed by atoms with Crippen LogP contribution in [0.5, 0.6) is 0 Å². The smallest absolute Gasteiger partial charge is 0.120 e. The second-order valence-corrected chi connectivity index (χ2v) is 15.3. The molecule has 0 radical (unpaired) electrons. The maximum Gasteiger partial charge on any atom is 0.120 e. The molecule has 0 bridgehead atoms. The lowest BCUT2D eigenvalue weighted by Crippen LogP contribution is -2.25. The third kappa shape index (κ3) is 6.00. The summed E-state index contributed by atoms with van der Waals surface area (Å²) in [5, 5.41) is 51.7. The molecule has 12 heteroatoms. The van der Waals surface area contributed by atoms with Crippen molar-refractivity contribution in [2.45, 2.75) is 0 Å². The summed E-state index contributed by atoms with van der Waals surface area (Å²) in [5.41, 5.74) is 13.9. The van der Waals surface area contributed by atoms with Crippen LogP contribution in [0.3, 0.4) is 0 Å². The molecule has 13 rings (SSSR count). The molecule has 0 saturated carbocycles. The van der Waals surface area contributed by atoms with Crippen molar-refractivity contribution in [2.24, 2.45) is 0 Å². The number of para-hydroxylation sites is 6. The normalized spacial score (nSPS) is 13.2. The number of aromatic nitrogens is 6. The van der Waals surface area contributed by atoms with Crippen molar-refractivity contribution in [1.29, 1.82) is 32.5 Å². The van der Waals surface area contributed by atoms with Crippen LogP contribution >= 0.6 is 0 Å². The molecule has 12 nitrogen and oxygen atoms in total. The Balaban J connectivity index is 0.000000108. The van der Waals surface area contributed by atoms with E-state index in [9.17, 15) is 0 Å². The Kier molecular flexibility index (Phi) is 8.73. The number of benzene rings is 7. The maximum atomic E-state index is 8.36. The van der Waals surface area contributed by atoms with Crippen molar-refractivity contribution in [1.82, 2.24) is 29.9 Å². The van der Waals surface area contributed by atoms with Crippen LogP contribution in [0.15, 0.2) is 158 Å². The molecule has 0 fully saturated rings. The lowest BCUT2D eigenvalue weighted by atomic mass is 9.81. The third-order valence-corrected chi connectivity index (χ3v) is 11.5. The molecule has 0 unspecified atom stereocenters. The highest BCUT2D eigenvalue weighted by Gasteiger charge is 2.32. The Morgan fingerprint density at radius 2 is 0.578 bits per heavy atom. The van der Waals surface area contributed by atoms with Gasteiger partial charge in [0.15, 0.2) is 0 Å². The number of rotatable bonds is 0. The fraction of sp³-hybridized carbons (Fsp3) is 0. The quantitative estimate of drug-likeness (QED) is 0.0873. The molecule has 3 aliphatic carbocycles. The molecule has 0 aliphatic heterocycles. The van der Waals surface area contributed by atoms with Gasteiger partial charge in [-0.25, -0.2) is 29.9 Å². The summed E-state index contributed by atoms with van der Waals surface area (Å²) in [7, 11) is 0. The second kappa shape index (κ2) is 14.8. The highest BCUT2D eigenvalue weighted by atomic mass is 14.9. The molecular weight excluding hydrogens is 793 g/mol. The van der Waals surface area contributed by atoms with Crippen molar-refractivity contribution in [2.75, 3.05) is 0 Å². The number of nitrogens with one attached hydrogen (secondary N) is 6. The van der Waals surface area contributed by atoms with Crippen molar-refractivity contribution in [3.8, 4) is 33.8 Å². The second-order valence-electron chi connectivity index (χ2n) is 15.3. The predicted octanol–water partition coefficient (Wildman–Crippen LogP) is 10.3. The maximum absolute atomic E-state index is 8.36. The predicted molar refractivity (Wildman–Crippen MR) is 253 cm³/mol. The van der Waals surface area contributed by atoms with Crippen LogP contribution in [0, 0.1) is 32.5 Å². The van der Waals surface area contributed by atoms with E-state index in [4.69, 9.17) is 32.5 Å². The van der Waals surface area contributed by atoms with Crippen LogP contribution in [0.4, 0.5) is 0 Å². The van der Waals surface area contributed by atoms with Gasteiger partial charge >= 0.3 is 0 Å². The molecule has 3 heterocycles. The Morgan fingerprint density at radius 1 is 0.234 bits per heavy atom. The number of hydrogen-bond donors (Lipinski definition) is 6. The largest absolute Gasteiger partial charge is 0.298 e. The van der Waals surface area contributed by atoms with Crippen molar-refractivity contribution >= 4 is 78.1 Å². The first-order valence-electron chi connectivity index (χ1n) is 20.3. The molecule has 0 amide bonds. The SMILES string of the molecule is N=C1C(=N)c2c(ccc3ccccc23)-c2ccccc21.N=C1C(=N)c2nc3ccccc3nc2-c2ccccc21.N=C1C(=N)c2nc3ccccc3nc2-c2nc3ccccc3nc21. The van der Waals surface area contributed by atoms with Crippen LogP contribution in [0.2, 0.25) is 0 Å². The van der Waals surface area contributed by atoms with Gasteiger partial charge < -0.3 is 0 Å². The van der Waals surface area contributed by atoms with Gasteiger partial charge in [-0.1, -0.05) is 121 Å². The van der Waals surface area contributed by atoms with E-state index < -0.39 is 0 Å². The van der Waals surface area contributed by atoms with E-state index in [0.717, 1.165) is 66.2 Å². The van der Waals surface area contributed by atoms with Gasteiger partial charge in [-0.2, -0.15) is 0 Å². The van der Waals surface area contributed by atoms with Gasteiger partial charge in [0.1, 0.15) is 45.6 Å². The minimum absolute atomic E-state index is 0.0281. The van der Waals surface area contributed by atoms with Crippen LogP contribution in [-0.4, -0.2) is 64.2 Å². The summed E-state index contributed by atoms with van der Waals surface area (Å²) in [6, 6.07) is 50.3. The zero-order chi connectivity index (χ0) is 43.6. The van der Waals surface area contributed by atoms with Crippen LogP contribution in [0.1, 0.15) is 33.8 Å². The lowest BCUT2D eigenvalue weighted by molar-refractivity contribution is 1.17. The highest BCUT2D eigenvalue weighted by molar-refractivity contribution is 6.57. The van der Waals surface area contributed by atoms with E-state index in [1.807, 2.05) is 146 Å². The fourth-order valence-corrected chi connectivity index (χ4v) is 8.40. The first-order valence-corrected chi connectivity index (χ1v) is 20.3. The summed E-state index contributed by atoms with van der Waals surface area (Å²) in [5.74, 6) is 0. The Labute approximate surface area is 364 Å². The number of nitrogens with zero attached hydrogens (tertiary/aromatic N) is 6. The molecule has 3 aromatic heterocycles. The molecule has 0 saturated heterocycles. The molecule has 6 N–H and O–H groups in total. The fourth-order valence-electron chi connectivity index (χ4n) is 8.40. The van der Waals surface area contributed by atoms with E-state index in [1.165, 1.54) is 0 Å². The first kappa shape index (κ1) is 37.8. The number of hydrogen-bond acceptors (Lipinski definition) is 12. The summed E-state index contributed by atoms with van der Waals surface area (Å²) in [6.45, 7) is 0. The third-order valence-electron chi connectivity index (χ3n) is 11.5. The lowest BCUT2D eigenvalue weighted by Gasteiger charge is -2.22. The highest BCUT2D eigenvalue weighted by Crippen LogP contribution is 2.38. The topological polar surface area (TPSA) is 220 Å². The molecule has 3 aliphatic rings. The average Bonchev–Trinajstić information content (AvgIpc) is 3.35. The molecule has 0 atom stereocenters. The van der Waals surface area contributed by atoms with Gasteiger partial charge in [0.25, 0.3) is 0 Å². The molecule has 0 spiro atoms. The summed E-state index contributed by atoms with van der Waals surface area (Å²) >= 11 is 0. The molecular formula is C52H32N12. The minimum Gasteiger partial charge on any atom is -0.298 e. The summed E-state index contributed by atoms with van der Waals surface area (Å²) in [4.78, 5) is 27.5. The average molecular weight is 825 g/mol. The molecule has 7 aromatic carbocycles. The van der Waals surface area contributed by atoms with E-state index in [1.54, 1.807) is 0 Å². The van der Waals surface area contributed by atoms with E-state index in [0.29, 0.717) is 56.6 Å². The van der Waals surface area contributed by atoms with Gasteiger partial charge in [0, 0.05) is 22.3 Å². The number of fused-ring (bicyclic) bond motifs is 14. The van der Waals surface area contributed by atoms with E-state index in [2.05, 4.69) is 42.0 Å². The van der Waals surface area contributed by atoms with Gasteiger partial charge in [0.05, 0.1) is 55.9 Å².